The van der Waals surface area contributed by atoms with Crippen molar-refractivity contribution in [1.29, 1.82) is 0 Å². The van der Waals surface area contributed by atoms with Crippen LogP contribution in [0.4, 0.5) is 10.1 Å². The maximum Gasteiger partial charge on any atom is 0.274 e. The van der Waals surface area contributed by atoms with Gasteiger partial charge in [0.15, 0.2) is 0 Å². The third kappa shape index (κ3) is 2.33. The van der Waals surface area contributed by atoms with Crippen LogP contribution in [0.5, 0.6) is 0 Å². The molecule has 0 bridgehead atoms. The highest BCUT2D eigenvalue weighted by molar-refractivity contribution is 6.07. The van der Waals surface area contributed by atoms with Crippen LogP contribution in [-0.2, 0) is 0 Å². The van der Waals surface area contributed by atoms with Crippen molar-refractivity contribution in [3.63, 3.8) is 0 Å². The Labute approximate surface area is 114 Å². The number of carbonyl (C=O) groups is 1. The molecule has 0 unspecified atom stereocenters. The molecule has 20 heavy (non-hydrogen) atoms. The number of aromatic nitrogens is 2. The SMILES string of the molecule is O=C(Nc1cccc2ncccc12)c1cccc(F)n1. The zero-order chi connectivity index (χ0) is 13.9. The van der Waals surface area contributed by atoms with Crippen LogP contribution in [0.3, 0.4) is 0 Å². The van der Waals surface area contributed by atoms with Crippen molar-refractivity contribution < 1.29 is 9.18 Å². The molecule has 0 aliphatic heterocycles. The van der Waals surface area contributed by atoms with Crippen molar-refractivity contribution in [3.8, 4) is 0 Å². The summed E-state index contributed by atoms with van der Waals surface area (Å²) in [6.45, 7) is 0. The molecule has 3 aromatic rings. The Morgan fingerprint density at radius 2 is 1.90 bits per heavy atom. The van der Waals surface area contributed by atoms with E-state index in [0.717, 1.165) is 10.9 Å². The van der Waals surface area contributed by atoms with Gasteiger partial charge in [-0.05, 0) is 36.4 Å². The Hall–Kier alpha value is -2.82. The van der Waals surface area contributed by atoms with E-state index in [-0.39, 0.29) is 5.69 Å². The number of anilines is 1. The van der Waals surface area contributed by atoms with Gasteiger partial charge in [0, 0.05) is 11.6 Å². The largest absolute Gasteiger partial charge is 0.320 e. The van der Waals surface area contributed by atoms with E-state index in [1.54, 1.807) is 24.4 Å². The second-order valence-corrected chi connectivity index (χ2v) is 4.18. The second-order valence-electron chi connectivity index (χ2n) is 4.18. The quantitative estimate of drug-likeness (QED) is 0.726. The first-order chi connectivity index (χ1) is 9.74. The van der Waals surface area contributed by atoms with Gasteiger partial charge >= 0.3 is 0 Å². The molecule has 1 aromatic carbocycles. The Bertz CT molecular complexity index is 783. The van der Waals surface area contributed by atoms with Crippen molar-refractivity contribution in [2.75, 3.05) is 5.32 Å². The molecular weight excluding hydrogens is 257 g/mol. The summed E-state index contributed by atoms with van der Waals surface area (Å²) in [6.07, 6.45) is 1.68. The molecule has 2 heterocycles. The predicted molar refractivity (Wildman–Crippen MR) is 73.9 cm³/mol. The van der Waals surface area contributed by atoms with Crippen LogP contribution in [0.2, 0.25) is 0 Å². The van der Waals surface area contributed by atoms with Gasteiger partial charge in [0.2, 0.25) is 5.95 Å². The number of halogens is 1. The average molecular weight is 267 g/mol. The highest BCUT2D eigenvalue weighted by atomic mass is 19.1. The summed E-state index contributed by atoms with van der Waals surface area (Å²) >= 11 is 0. The molecule has 1 N–H and O–H groups in total. The number of hydrogen-bond donors (Lipinski definition) is 1. The van der Waals surface area contributed by atoms with Crippen LogP contribution in [0.1, 0.15) is 10.5 Å². The van der Waals surface area contributed by atoms with Crippen molar-refractivity contribution in [2.24, 2.45) is 0 Å². The van der Waals surface area contributed by atoms with Gasteiger partial charge in [-0.15, -0.1) is 0 Å². The minimum absolute atomic E-state index is 0.0332. The average Bonchev–Trinajstić information content (AvgIpc) is 2.47. The van der Waals surface area contributed by atoms with Crippen LogP contribution < -0.4 is 5.32 Å². The van der Waals surface area contributed by atoms with Crippen LogP contribution in [0.15, 0.2) is 54.7 Å². The minimum Gasteiger partial charge on any atom is -0.320 e. The highest BCUT2D eigenvalue weighted by Gasteiger charge is 2.10. The van der Waals surface area contributed by atoms with Gasteiger partial charge in [-0.1, -0.05) is 12.1 Å². The standard InChI is InChI=1S/C15H10FN3O/c16-14-8-2-7-13(18-14)15(20)19-12-6-1-5-11-10(12)4-3-9-17-11/h1-9H,(H,19,20). The molecule has 1 amide bonds. The van der Waals surface area contributed by atoms with Gasteiger partial charge in [-0.25, -0.2) is 4.98 Å². The summed E-state index contributed by atoms with van der Waals surface area (Å²) in [5.74, 6) is -1.14. The molecule has 5 heteroatoms. The lowest BCUT2D eigenvalue weighted by Gasteiger charge is -2.07. The first-order valence-electron chi connectivity index (χ1n) is 6.02. The molecule has 0 saturated carbocycles. The fraction of sp³-hybridized carbons (Fsp3) is 0. The zero-order valence-electron chi connectivity index (χ0n) is 10.4. The topological polar surface area (TPSA) is 54.9 Å². The number of rotatable bonds is 2. The van der Waals surface area contributed by atoms with E-state index < -0.39 is 11.9 Å². The Kier molecular flexibility index (Phi) is 3.09. The monoisotopic (exact) mass is 267 g/mol. The van der Waals surface area contributed by atoms with Crippen molar-refractivity contribution in [1.82, 2.24) is 9.97 Å². The van der Waals surface area contributed by atoms with E-state index in [0.29, 0.717) is 5.69 Å². The van der Waals surface area contributed by atoms with Crippen molar-refractivity contribution >= 4 is 22.5 Å². The number of nitrogens with zero attached hydrogens (tertiary/aromatic N) is 2. The van der Waals surface area contributed by atoms with E-state index in [9.17, 15) is 9.18 Å². The molecule has 4 nitrogen and oxygen atoms in total. The normalized spacial score (nSPS) is 10.4. The van der Waals surface area contributed by atoms with E-state index in [4.69, 9.17) is 0 Å². The number of carbonyl (C=O) groups excluding carboxylic acids is 1. The maximum atomic E-state index is 13.0. The summed E-state index contributed by atoms with van der Waals surface area (Å²) in [4.78, 5) is 19.8. The summed E-state index contributed by atoms with van der Waals surface area (Å²) in [6, 6.07) is 13.2. The molecule has 0 aliphatic rings. The van der Waals surface area contributed by atoms with Crippen molar-refractivity contribution in [3.05, 3.63) is 66.4 Å². The van der Waals surface area contributed by atoms with Gasteiger partial charge in [0.05, 0.1) is 11.2 Å². The van der Waals surface area contributed by atoms with E-state index in [2.05, 4.69) is 15.3 Å². The van der Waals surface area contributed by atoms with Gasteiger partial charge in [0.25, 0.3) is 5.91 Å². The fourth-order valence-corrected chi connectivity index (χ4v) is 1.93. The third-order valence-corrected chi connectivity index (χ3v) is 2.84. The smallest absolute Gasteiger partial charge is 0.274 e. The first-order valence-corrected chi connectivity index (χ1v) is 6.02. The van der Waals surface area contributed by atoms with Gasteiger partial charge in [-0.3, -0.25) is 9.78 Å². The molecule has 0 atom stereocenters. The molecular formula is C15H10FN3O. The van der Waals surface area contributed by atoms with E-state index in [1.165, 1.54) is 18.2 Å². The van der Waals surface area contributed by atoms with Crippen LogP contribution in [0.25, 0.3) is 10.9 Å². The van der Waals surface area contributed by atoms with Gasteiger partial charge in [0.1, 0.15) is 5.69 Å². The Morgan fingerprint density at radius 1 is 1.05 bits per heavy atom. The highest BCUT2D eigenvalue weighted by Crippen LogP contribution is 2.21. The predicted octanol–water partition coefficient (Wildman–Crippen LogP) is 3.02. The number of benzene rings is 1. The van der Waals surface area contributed by atoms with Crippen molar-refractivity contribution in [2.45, 2.75) is 0 Å². The number of fused-ring (bicyclic) bond motifs is 1. The van der Waals surface area contributed by atoms with E-state index in [1.807, 2.05) is 12.1 Å². The number of amides is 1. The Morgan fingerprint density at radius 3 is 2.75 bits per heavy atom. The third-order valence-electron chi connectivity index (χ3n) is 2.84. The fourth-order valence-electron chi connectivity index (χ4n) is 1.93. The maximum absolute atomic E-state index is 13.0. The van der Waals surface area contributed by atoms with Gasteiger partial charge < -0.3 is 5.32 Å². The lowest BCUT2D eigenvalue weighted by Crippen LogP contribution is -2.14. The molecule has 98 valence electrons. The molecule has 0 saturated heterocycles. The summed E-state index contributed by atoms with van der Waals surface area (Å²) in [5.41, 5.74) is 1.43. The molecule has 0 spiro atoms. The minimum atomic E-state index is -0.683. The second kappa shape index (κ2) is 5.05. The summed E-state index contributed by atoms with van der Waals surface area (Å²) < 4.78 is 13.0. The number of hydrogen-bond acceptors (Lipinski definition) is 3. The summed E-state index contributed by atoms with van der Waals surface area (Å²) in [5, 5.41) is 3.54. The summed E-state index contributed by atoms with van der Waals surface area (Å²) in [7, 11) is 0. The molecule has 3 rings (SSSR count). The lowest BCUT2D eigenvalue weighted by atomic mass is 10.2. The first kappa shape index (κ1) is 12.2. The molecule has 0 aliphatic carbocycles. The lowest BCUT2D eigenvalue weighted by molar-refractivity contribution is 0.102. The molecule has 0 fully saturated rings. The number of nitrogens with one attached hydrogen (secondary N) is 1. The number of pyridine rings is 2. The van der Waals surface area contributed by atoms with Gasteiger partial charge in [-0.2, -0.15) is 4.39 Å². The van der Waals surface area contributed by atoms with Crippen LogP contribution >= 0.6 is 0 Å². The van der Waals surface area contributed by atoms with E-state index >= 15 is 0 Å². The van der Waals surface area contributed by atoms with Crippen LogP contribution in [-0.4, -0.2) is 15.9 Å². The molecule has 2 aromatic heterocycles. The Balaban J connectivity index is 1.95. The van der Waals surface area contributed by atoms with Crippen LogP contribution in [0, 0.1) is 5.95 Å². The zero-order valence-corrected chi connectivity index (χ0v) is 10.4. The molecule has 0 radical (unpaired) electrons.